The number of sulfonamides is 1. The summed E-state index contributed by atoms with van der Waals surface area (Å²) < 4.78 is 30.1. The number of hydrogen-bond acceptors (Lipinski definition) is 5. The second-order valence-electron chi connectivity index (χ2n) is 3.57. The second kappa shape index (κ2) is 6.57. The lowest BCUT2D eigenvalue weighted by Crippen LogP contribution is -2.48. The number of nitriles is 1. The van der Waals surface area contributed by atoms with E-state index in [4.69, 9.17) is 5.26 Å². The number of carbonyl (C=O) groups is 1. The third-order valence-corrected chi connectivity index (χ3v) is 3.70. The van der Waals surface area contributed by atoms with Crippen LogP contribution in [-0.4, -0.2) is 32.3 Å². The van der Waals surface area contributed by atoms with Gasteiger partial charge in [-0.15, -0.1) is 0 Å². The van der Waals surface area contributed by atoms with Gasteiger partial charge in [-0.05, 0) is 19.8 Å². The van der Waals surface area contributed by atoms with Crippen LogP contribution in [0.25, 0.3) is 0 Å². The number of esters is 1. The summed E-state index contributed by atoms with van der Waals surface area (Å²) in [4.78, 5) is 11.1. The summed E-state index contributed by atoms with van der Waals surface area (Å²) in [7, 11) is -3.84. The Labute approximate surface area is 102 Å². The minimum atomic E-state index is -3.84. The van der Waals surface area contributed by atoms with Crippen molar-refractivity contribution in [2.24, 2.45) is 0 Å². The Morgan fingerprint density at radius 2 is 1.88 bits per heavy atom. The van der Waals surface area contributed by atoms with Gasteiger partial charge in [-0.1, -0.05) is 13.8 Å². The molecule has 0 unspecified atom stereocenters. The minimum absolute atomic E-state index is 0.124. The van der Waals surface area contributed by atoms with E-state index in [1.165, 1.54) is 0 Å². The standard InChI is InChI=1S/C10H18N2O4S/c1-4-10(5-2,8-11)12-17(14,15)7-9(13)16-6-3/h12H,4-7H2,1-3H3. The molecule has 0 spiro atoms. The van der Waals surface area contributed by atoms with Gasteiger partial charge in [-0.25, -0.2) is 8.42 Å². The molecule has 0 heterocycles. The number of ether oxygens (including phenoxy) is 1. The summed E-state index contributed by atoms with van der Waals surface area (Å²) in [6.07, 6.45) is 0.671. The summed E-state index contributed by atoms with van der Waals surface area (Å²) in [6, 6.07) is 1.93. The number of nitrogens with one attached hydrogen (secondary N) is 1. The maximum absolute atomic E-state index is 11.6. The predicted octanol–water partition coefficient (Wildman–Crippen LogP) is 0.551. The highest BCUT2D eigenvalue weighted by Crippen LogP contribution is 2.15. The first kappa shape index (κ1) is 15.9. The Morgan fingerprint density at radius 1 is 1.35 bits per heavy atom. The van der Waals surface area contributed by atoms with E-state index >= 15 is 0 Å². The molecule has 1 N–H and O–H groups in total. The van der Waals surface area contributed by atoms with Crippen molar-refractivity contribution in [2.75, 3.05) is 12.4 Å². The van der Waals surface area contributed by atoms with E-state index in [1.807, 2.05) is 6.07 Å². The molecule has 0 saturated heterocycles. The summed E-state index contributed by atoms with van der Waals surface area (Å²) in [6.45, 7) is 5.13. The van der Waals surface area contributed by atoms with E-state index in [-0.39, 0.29) is 6.61 Å². The summed E-state index contributed by atoms with van der Waals surface area (Å²) in [5, 5.41) is 8.98. The maximum atomic E-state index is 11.6. The molecule has 6 nitrogen and oxygen atoms in total. The van der Waals surface area contributed by atoms with Crippen molar-refractivity contribution in [1.29, 1.82) is 5.26 Å². The van der Waals surface area contributed by atoms with E-state index in [0.717, 1.165) is 0 Å². The summed E-state index contributed by atoms with van der Waals surface area (Å²) in [5.41, 5.74) is -1.15. The fourth-order valence-electron chi connectivity index (χ4n) is 1.27. The Balaban J connectivity index is 4.76. The smallest absolute Gasteiger partial charge is 0.322 e. The lowest BCUT2D eigenvalue weighted by molar-refractivity contribution is -0.139. The van der Waals surface area contributed by atoms with Crippen LogP contribution in [0.4, 0.5) is 0 Å². The lowest BCUT2D eigenvalue weighted by atomic mass is 9.97. The van der Waals surface area contributed by atoms with Crippen LogP contribution in [0.1, 0.15) is 33.6 Å². The zero-order valence-electron chi connectivity index (χ0n) is 10.3. The molecule has 0 aliphatic heterocycles. The van der Waals surface area contributed by atoms with Crippen molar-refractivity contribution < 1.29 is 17.9 Å². The molecule has 0 aliphatic rings. The van der Waals surface area contributed by atoms with E-state index in [2.05, 4.69) is 9.46 Å². The van der Waals surface area contributed by atoms with E-state index in [0.29, 0.717) is 12.8 Å². The zero-order valence-corrected chi connectivity index (χ0v) is 11.1. The average molecular weight is 262 g/mol. The summed E-state index contributed by atoms with van der Waals surface area (Å²) >= 11 is 0. The highest BCUT2D eigenvalue weighted by atomic mass is 32.2. The molecule has 0 aliphatic carbocycles. The SMILES string of the molecule is CCOC(=O)CS(=O)(=O)NC(C#N)(CC)CC. The third-order valence-electron chi connectivity index (χ3n) is 2.39. The zero-order chi connectivity index (χ0) is 13.5. The average Bonchev–Trinajstić information content (AvgIpc) is 2.25. The molecule has 7 heteroatoms. The van der Waals surface area contributed by atoms with Crippen LogP contribution in [0.15, 0.2) is 0 Å². The van der Waals surface area contributed by atoms with Gasteiger partial charge in [0.1, 0.15) is 5.54 Å². The van der Waals surface area contributed by atoms with Gasteiger partial charge in [0.15, 0.2) is 5.75 Å². The highest BCUT2D eigenvalue weighted by molar-refractivity contribution is 7.90. The molecule has 0 saturated carbocycles. The molecule has 0 fully saturated rings. The second-order valence-corrected chi connectivity index (χ2v) is 5.29. The van der Waals surface area contributed by atoms with Crippen LogP contribution >= 0.6 is 0 Å². The van der Waals surface area contributed by atoms with Gasteiger partial charge >= 0.3 is 5.97 Å². The van der Waals surface area contributed by atoms with Gasteiger partial charge in [0.25, 0.3) is 0 Å². The monoisotopic (exact) mass is 262 g/mol. The summed E-state index contributed by atoms with van der Waals surface area (Å²) in [5.74, 6) is -1.58. The van der Waals surface area contributed by atoms with Crippen molar-refractivity contribution in [3.05, 3.63) is 0 Å². The van der Waals surface area contributed by atoms with Gasteiger partial charge in [0.05, 0.1) is 12.7 Å². The Hall–Kier alpha value is -1.13. The van der Waals surface area contributed by atoms with Crippen molar-refractivity contribution in [3.63, 3.8) is 0 Å². The predicted molar refractivity (Wildman–Crippen MR) is 62.5 cm³/mol. The quantitative estimate of drug-likeness (QED) is 0.676. The highest BCUT2D eigenvalue weighted by Gasteiger charge is 2.32. The number of nitrogens with zero attached hydrogens (tertiary/aromatic N) is 1. The lowest BCUT2D eigenvalue weighted by Gasteiger charge is -2.24. The van der Waals surface area contributed by atoms with E-state index in [9.17, 15) is 13.2 Å². The van der Waals surface area contributed by atoms with Gasteiger partial charge < -0.3 is 4.74 Å². The van der Waals surface area contributed by atoms with Crippen LogP contribution in [-0.2, 0) is 19.6 Å². The number of rotatable bonds is 7. The molecule has 0 amide bonds. The molecule has 0 atom stereocenters. The molecule has 0 aromatic carbocycles. The first-order valence-electron chi connectivity index (χ1n) is 5.43. The largest absolute Gasteiger partial charge is 0.465 e. The third kappa shape index (κ3) is 5.15. The number of carbonyl (C=O) groups excluding carboxylic acids is 1. The van der Waals surface area contributed by atoms with Gasteiger partial charge in [-0.2, -0.15) is 9.98 Å². The topological polar surface area (TPSA) is 96.3 Å². The van der Waals surface area contributed by atoms with Crippen molar-refractivity contribution in [3.8, 4) is 6.07 Å². The van der Waals surface area contributed by atoms with E-state index in [1.54, 1.807) is 20.8 Å². The van der Waals surface area contributed by atoms with Crippen LogP contribution in [0, 0.1) is 11.3 Å². The Morgan fingerprint density at radius 3 is 2.24 bits per heavy atom. The normalized spacial score (nSPS) is 11.9. The van der Waals surface area contributed by atoms with Gasteiger partial charge in [-0.3, -0.25) is 4.79 Å². The molecule has 0 radical (unpaired) electrons. The van der Waals surface area contributed by atoms with Crippen LogP contribution in [0.2, 0.25) is 0 Å². The fourth-order valence-corrected chi connectivity index (χ4v) is 2.66. The molecule has 98 valence electrons. The van der Waals surface area contributed by atoms with Crippen molar-refractivity contribution in [2.45, 2.75) is 39.2 Å². The van der Waals surface area contributed by atoms with Crippen molar-refractivity contribution >= 4 is 16.0 Å². The van der Waals surface area contributed by atoms with Crippen LogP contribution < -0.4 is 4.72 Å². The molecular formula is C10H18N2O4S. The van der Waals surface area contributed by atoms with E-state index < -0.39 is 27.3 Å². The molecular weight excluding hydrogens is 244 g/mol. The first-order chi connectivity index (χ1) is 7.84. The molecule has 0 rings (SSSR count). The Kier molecular flexibility index (Phi) is 6.13. The molecule has 0 aromatic rings. The Bertz CT molecular complexity index is 393. The first-order valence-corrected chi connectivity index (χ1v) is 7.08. The van der Waals surface area contributed by atoms with Crippen molar-refractivity contribution in [1.82, 2.24) is 4.72 Å². The minimum Gasteiger partial charge on any atom is -0.465 e. The van der Waals surface area contributed by atoms with Crippen LogP contribution in [0.5, 0.6) is 0 Å². The fraction of sp³-hybridized carbons (Fsp3) is 0.800. The molecule has 17 heavy (non-hydrogen) atoms. The van der Waals surface area contributed by atoms with Gasteiger partial charge in [0.2, 0.25) is 10.0 Å². The maximum Gasteiger partial charge on any atom is 0.322 e. The van der Waals surface area contributed by atoms with Crippen LogP contribution in [0.3, 0.4) is 0 Å². The number of hydrogen-bond donors (Lipinski definition) is 1. The van der Waals surface area contributed by atoms with Gasteiger partial charge in [0, 0.05) is 0 Å². The molecule has 0 bridgehead atoms. The molecule has 0 aromatic heterocycles.